The summed E-state index contributed by atoms with van der Waals surface area (Å²) in [5.41, 5.74) is 5.29. The number of benzene rings is 1. The first-order valence-corrected chi connectivity index (χ1v) is 5.95. The molecule has 1 rings (SSSR count). The molecule has 0 heterocycles. The molecule has 3 N–H and O–H groups in total. The Morgan fingerprint density at radius 3 is 2.50 bits per heavy atom. The number of hydrogen-bond acceptors (Lipinski definition) is 2. The monoisotopic (exact) mass is 261 g/mol. The molecule has 0 radical (unpaired) electrons. The molecule has 0 fully saturated rings. The zero-order chi connectivity index (χ0) is 13.8. The van der Waals surface area contributed by atoms with Crippen LogP contribution in [-0.2, 0) is 6.18 Å². The van der Waals surface area contributed by atoms with Crippen LogP contribution >= 0.6 is 0 Å². The van der Waals surface area contributed by atoms with Gasteiger partial charge < -0.3 is 10.8 Å². The van der Waals surface area contributed by atoms with E-state index in [1.165, 1.54) is 6.07 Å². The fourth-order valence-electron chi connectivity index (χ4n) is 1.96. The van der Waals surface area contributed by atoms with Crippen molar-refractivity contribution in [3.8, 4) is 0 Å². The summed E-state index contributed by atoms with van der Waals surface area (Å²) in [5.74, 6) is -0.452. The van der Waals surface area contributed by atoms with Gasteiger partial charge in [-0.15, -0.1) is 0 Å². The zero-order valence-corrected chi connectivity index (χ0v) is 10.2. The van der Waals surface area contributed by atoms with Crippen LogP contribution in [-0.4, -0.2) is 17.8 Å². The van der Waals surface area contributed by atoms with Gasteiger partial charge >= 0.3 is 6.18 Å². The van der Waals surface area contributed by atoms with E-state index in [0.717, 1.165) is 18.6 Å². The minimum atomic E-state index is -4.37. The molecule has 0 amide bonds. The topological polar surface area (TPSA) is 46.2 Å². The molecule has 2 nitrogen and oxygen atoms in total. The summed E-state index contributed by atoms with van der Waals surface area (Å²) in [5, 5.41) is 9.89. The van der Waals surface area contributed by atoms with Crippen molar-refractivity contribution in [3.63, 3.8) is 0 Å². The highest BCUT2D eigenvalue weighted by atomic mass is 19.4. The SMILES string of the molecule is CCCC(O)C(CN)c1cccc(C(F)(F)F)c1. The number of aliphatic hydroxyl groups is 1. The number of alkyl halides is 3. The third-order valence-corrected chi connectivity index (χ3v) is 2.94. The van der Waals surface area contributed by atoms with Crippen molar-refractivity contribution in [1.29, 1.82) is 0 Å². The molecule has 0 aliphatic heterocycles. The third-order valence-electron chi connectivity index (χ3n) is 2.94. The second kappa shape index (κ2) is 6.20. The van der Waals surface area contributed by atoms with E-state index in [9.17, 15) is 18.3 Å². The van der Waals surface area contributed by atoms with Gasteiger partial charge in [0.05, 0.1) is 11.7 Å². The Hall–Kier alpha value is -1.07. The Labute approximate surface area is 105 Å². The molecule has 0 aliphatic rings. The molecule has 2 unspecified atom stereocenters. The van der Waals surface area contributed by atoms with Crippen LogP contribution < -0.4 is 5.73 Å². The first-order valence-electron chi connectivity index (χ1n) is 5.95. The lowest BCUT2D eigenvalue weighted by molar-refractivity contribution is -0.137. The lowest BCUT2D eigenvalue weighted by Crippen LogP contribution is -2.26. The lowest BCUT2D eigenvalue weighted by atomic mass is 9.90. The van der Waals surface area contributed by atoms with E-state index >= 15 is 0 Å². The first kappa shape index (κ1) is 15.0. The van der Waals surface area contributed by atoms with Crippen LogP contribution in [0.1, 0.15) is 36.8 Å². The second-order valence-corrected chi connectivity index (χ2v) is 4.32. The molecule has 0 bridgehead atoms. The van der Waals surface area contributed by atoms with Crippen molar-refractivity contribution in [2.24, 2.45) is 5.73 Å². The molecule has 2 atom stereocenters. The number of rotatable bonds is 5. The molecule has 18 heavy (non-hydrogen) atoms. The summed E-state index contributed by atoms with van der Waals surface area (Å²) in [6.45, 7) is 2.03. The van der Waals surface area contributed by atoms with Gasteiger partial charge in [-0.2, -0.15) is 13.2 Å². The van der Waals surface area contributed by atoms with Crippen molar-refractivity contribution in [1.82, 2.24) is 0 Å². The zero-order valence-electron chi connectivity index (χ0n) is 10.2. The van der Waals surface area contributed by atoms with Crippen molar-refractivity contribution >= 4 is 0 Å². The van der Waals surface area contributed by atoms with E-state index in [2.05, 4.69) is 0 Å². The Balaban J connectivity index is 3.00. The standard InChI is InChI=1S/C13H18F3NO/c1-2-4-12(18)11(8-17)9-5-3-6-10(7-9)13(14,15)16/h3,5-7,11-12,18H,2,4,8,17H2,1H3. The molecule has 0 saturated carbocycles. The lowest BCUT2D eigenvalue weighted by Gasteiger charge is -2.22. The van der Waals surface area contributed by atoms with Gasteiger partial charge in [0.15, 0.2) is 0 Å². The number of aliphatic hydroxyl groups excluding tert-OH is 1. The van der Waals surface area contributed by atoms with E-state index in [1.54, 1.807) is 6.07 Å². The summed E-state index contributed by atoms with van der Waals surface area (Å²) in [6.07, 6.45) is -3.79. The van der Waals surface area contributed by atoms with Crippen molar-refractivity contribution in [3.05, 3.63) is 35.4 Å². The van der Waals surface area contributed by atoms with Crippen LogP contribution in [0.2, 0.25) is 0 Å². The minimum Gasteiger partial charge on any atom is -0.392 e. The van der Waals surface area contributed by atoms with E-state index in [-0.39, 0.29) is 6.54 Å². The van der Waals surface area contributed by atoms with Gasteiger partial charge in [0.1, 0.15) is 0 Å². The number of hydrogen-bond donors (Lipinski definition) is 2. The van der Waals surface area contributed by atoms with Gasteiger partial charge in [-0.05, 0) is 18.1 Å². The normalized spacial score (nSPS) is 15.4. The Bertz CT molecular complexity index is 379. The summed E-state index contributed by atoms with van der Waals surface area (Å²) in [6, 6.07) is 5.00. The fraction of sp³-hybridized carbons (Fsp3) is 0.538. The van der Waals surface area contributed by atoms with Crippen LogP contribution in [0.15, 0.2) is 24.3 Å². The first-order chi connectivity index (χ1) is 8.40. The highest BCUT2D eigenvalue weighted by Gasteiger charge is 2.31. The number of nitrogens with two attached hydrogens (primary N) is 1. The highest BCUT2D eigenvalue weighted by Crippen LogP contribution is 2.32. The van der Waals surface area contributed by atoms with Crippen LogP contribution in [0.25, 0.3) is 0 Å². The molecule has 0 saturated heterocycles. The average Bonchev–Trinajstić information content (AvgIpc) is 2.29. The Kier molecular flexibility index (Phi) is 5.16. The smallest absolute Gasteiger partial charge is 0.392 e. The summed E-state index contributed by atoms with van der Waals surface area (Å²) in [7, 11) is 0. The quantitative estimate of drug-likeness (QED) is 0.856. The molecule has 0 aliphatic carbocycles. The van der Waals surface area contributed by atoms with Gasteiger partial charge in [0.2, 0.25) is 0 Å². The highest BCUT2D eigenvalue weighted by molar-refractivity contribution is 5.29. The molecule has 102 valence electrons. The fourth-order valence-corrected chi connectivity index (χ4v) is 1.96. The minimum absolute atomic E-state index is 0.127. The molecular weight excluding hydrogens is 243 g/mol. The van der Waals surface area contributed by atoms with Crippen LogP contribution in [0.5, 0.6) is 0 Å². The van der Waals surface area contributed by atoms with Gasteiger partial charge in [0.25, 0.3) is 0 Å². The van der Waals surface area contributed by atoms with E-state index < -0.39 is 23.8 Å². The largest absolute Gasteiger partial charge is 0.416 e. The van der Waals surface area contributed by atoms with Crippen molar-refractivity contribution in [2.45, 2.75) is 38.0 Å². The van der Waals surface area contributed by atoms with E-state index in [0.29, 0.717) is 12.0 Å². The maximum absolute atomic E-state index is 12.6. The molecular formula is C13H18F3NO. The average molecular weight is 261 g/mol. The van der Waals surface area contributed by atoms with E-state index in [1.807, 2.05) is 6.92 Å². The molecule has 0 spiro atoms. The number of halogens is 3. The van der Waals surface area contributed by atoms with Gasteiger partial charge in [-0.25, -0.2) is 0 Å². The molecule has 1 aromatic carbocycles. The third kappa shape index (κ3) is 3.71. The van der Waals surface area contributed by atoms with Crippen LogP contribution in [0.3, 0.4) is 0 Å². The predicted octanol–water partition coefficient (Wildman–Crippen LogP) is 2.91. The summed E-state index contributed by atoms with van der Waals surface area (Å²) < 4.78 is 37.8. The van der Waals surface area contributed by atoms with Crippen molar-refractivity contribution in [2.75, 3.05) is 6.54 Å². The maximum atomic E-state index is 12.6. The van der Waals surface area contributed by atoms with Crippen molar-refractivity contribution < 1.29 is 18.3 Å². The van der Waals surface area contributed by atoms with Crippen LogP contribution in [0.4, 0.5) is 13.2 Å². The summed E-state index contributed by atoms with van der Waals surface area (Å²) >= 11 is 0. The maximum Gasteiger partial charge on any atom is 0.416 e. The predicted molar refractivity (Wildman–Crippen MR) is 64.2 cm³/mol. The summed E-state index contributed by atoms with van der Waals surface area (Å²) in [4.78, 5) is 0. The Morgan fingerprint density at radius 1 is 1.33 bits per heavy atom. The van der Waals surface area contributed by atoms with E-state index in [4.69, 9.17) is 5.73 Å². The molecule has 0 aromatic heterocycles. The molecule has 1 aromatic rings. The molecule has 5 heteroatoms. The second-order valence-electron chi connectivity index (χ2n) is 4.32. The van der Waals surface area contributed by atoms with Crippen LogP contribution in [0, 0.1) is 0 Å². The van der Waals surface area contributed by atoms with Gasteiger partial charge in [-0.1, -0.05) is 31.5 Å². The Morgan fingerprint density at radius 2 is 2.00 bits per heavy atom. The van der Waals surface area contributed by atoms with Gasteiger partial charge in [-0.3, -0.25) is 0 Å². The van der Waals surface area contributed by atoms with Gasteiger partial charge in [0, 0.05) is 12.5 Å².